The van der Waals surface area contributed by atoms with Gasteiger partial charge in [0.05, 0.1) is 4.90 Å². The largest absolute Gasteiger partial charge is 0.454 e. The van der Waals surface area contributed by atoms with Crippen LogP contribution in [0.15, 0.2) is 77.8 Å². The molecule has 1 amide bonds. The normalized spacial score (nSPS) is 13.7. The average Bonchev–Trinajstić information content (AvgIpc) is 3.45. The number of H-pyrrole nitrogens is 1. The molecule has 1 unspecified atom stereocenters. The number of aromatic nitrogens is 1. The molecule has 2 heterocycles. The van der Waals surface area contributed by atoms with Crippen LogP contribution in [-0.2, 0) is 21.2 Å². The molecule has 0 saturated carbocycles. The van der Waals surface area contributed by atoms with Crippen LogP contribution in [0.1, 0.15) is 5.56 Å². The van der Waals surface area contributed by atoms with Gasteiger partial charge in [0.25, 0.3) is 0 Å². The predicted molar refractivity (Wildman–Crippen MR) is 129 cm³/mol. The lowest BCUT2D eigenvalue weighted by Gasteiger charge is -2.19. The molecule has 0 radical (unpaired) electrons. The number of amides is 1. The zero-order valence-electron chi connectivity index (χ0n) is 17.7. The molecule has 0 bridgehead atoms. The van der Waals surface area contributed by atoms with E-state index >= 15 is 0 Å². The van der Waals surface area contributed by atoms with Gasteiger partial charge in [0.15, 0.2) is 11.5 Å². The van der Waals surface area contributed by atoms with Gasteiger partial charge in [0.2, 0.25) is 22.7 Å². The van der Waals surface area contributed by atoms with E-state index in [2.05, 4.69) is 15.0 Å². The first-order valence-electron chi connectivity index (χ1n) is 10.4. The highest BCUT2D eigenvalue weighted by molar-refractivity contribution is 7.89. The lowest BCUT2D eigenvalue weighted by molar-refractivity contribution is -0.117. The van der Waals surface area contributed by atoms with Gasteiger partial charge in [0.1, 0.15) is 6.04 Å². The van der Waals surface area contributed by atoms with Crippen molar-refractivity contribution in [3.05, 3.63) is 83.5 Å². The molecule has 34 heavy (non-hydrogen) atoms. The fourth-order valence-corrected chi connectivity index (χ4v) is 5.10. The third kappa shape index (κ3) is 4.58. The Morgan fingerprint density at radius 3 is 2.62 bits per heavy atom. The highest BCUT2D eigenvalue weighted by atomic mass is 35.5. The second-order valence-electron chi connectivity index (χ2n) is 7.75. The van der Waals surface area contributed by atoms with Crippen LogP contribution >= 0.6 is 11.6 Å². The summed E-state index contributed by atoms with van der Waals surface area (Å²) in [5.41, 5.74) is 2.16. The summed E-state index contributed by atoms with van der Waals surface area (Å²) < 4.78 is 39.4. The number of nitrogens with one attached hydrogen (secondary N) is 3. The number of aromatic amines is 1. The van der Waals surface area contributed by atoms with Crippen molar-refractivity contribution in [3.8, 4) is 11.5 Å². The lowest BCUT2D eigenvalue weighted by atomic mass is 10.0. The number of rotatable bonds is 7. The van der Waals surface area contributed by atoms with Crippen LogP contribution in [0.4, 0.5) is 5.69 Å². The summed E-state index contributed by atoms with van der Waals surface area (Å²) in [5, 5.41) is 4.11. The highest BCUT2D eigenvalue weighted by Crippen LogP contribution is 2.34. The molecule has 1 aromatic heterocycles. The van der Waals surface area contributed by atoms with Gasteiger partial charge < -0.3 is 19.8 Å². The number of carbonyl (C=O) groups excluding carboxylic acids is 1. The van der Waals surface area contributed by atoms with Crippen LogP contribution in [0.25, 0.3) is 10.9 Å². The molecule has 0 aliphatic carbocycles. The second kappa shape index (κ2) is 9.02. The molecule has 174 valence electrons. The average molecular weight is 498 g/mol. The van der Waals surface area contributed by atoms with E-state index < -0.39 is 22.0 Å². The van der Waals surface area contributed by atoms with Crippen molar-refractivity contribution < 1.29 is 22.7 Å². The lowest BCUT2D eigenvalue weighted by Crippen LogP contribution is -2.45. The van der Waals surface area contributed by atoms with Crippen molar-refractivity contribution in [1.82, 2.24) is 9.71 Å². The van der Waals surface area contributed by atoms with E-state index in [0.717, 1.165) is 16.5 Å². The Bertz CT molecular complexity index is 1470. The number of halogens is 1. The standard InChI is InChI=1S/C24H20ClN3O5S/c25-16-5-8-18(9-6-16)34(30,31)28-21(11-15-13-26-20-4-2-1-3-19(15)20)24(29)27-17-7-10-22-23(12-17)33-14-32-22/h1-10,12-13,21,26,28H,11,14H2,(H,27,29). The molecule has 4 aromatic rings. The quantitative estimate of drug-likeness (QED) is 0.356. The van der Waals surface area contributed by atoms with Crippen molar-refractivity contribution in [2.45, 2.75) is 17.4 Å². The highest BCUT2D eigenvalue weighted by Gasteiger charge is 2.27. The van der Waals surface area contributed by atoms with Crippen molar-refractivity contribution >= 4 is 44.1 Å². The number of ether oxygens (including phenoxy) is 2. The van der Waals surface area contributed by atoms with Crippen LogP contribution in [0.3, 0.4) is 0 Å². The van der Waals surface area contributed by atoms with Gasteiger partial charge in [-0.15, -0.1) is 0 Å². The minimum absolute atomic E-state index is 0.0108. The number of fused-ring (bicyclic) bond motifs is 2. The molecule has 3 N–H and O–H groups in total. The van der Waals surface area contributed by atoms with E-state index in [0.29, 0.717) is 22.2 Å². The van der Waals surface area contributed by atoms with Gasteiger partial charge in [-0.2, -0.15) is 4.72 Å². The van der Waals surface area contributed by atoms with Crippen LogP contribution < -0.4 is 19.5 Å². The first-order chi connectivity index (χ1) is 16.4. The minimum Gasteiger partial charge on any atom is -0.454 e. The Balaban J connectivity index is 1.44. The molecule has 0 fully saturated rings. The third-order valence-corrected chi connectivity index (χ3v) is 7.22. The SMILES string of the molecule is O=C(Nc1ccc2c(c1)OCO2)C(Cc1c[nH]c2ccccc12)NS(=O)(=O)c1ccc(Cl)cc1. The fraction of sp³-hybridized carbons (Fsp3) is 0.125. The Kier molecular flexibility index (Phi) is 5.91. The van der Waals surface area contributed by atoms with Gasteiger partial charge in [-0.05, 0) is 54.4 Å². The molecular weight excluding hydrogens is 478 g/mol. The smallest absolute Gasteiger partial charge is 0.242 e. The minimum atomic E-state index is -4.00. The van der Waals surface area contributed by atoms with Gasteiger partial charge in [0, 0.05) is 33.9 Å². The molecule has 5 rings (SSSR count). The van der Waals surface area contributed by atoms with Crippen LogP contribution in [0, 0.1) is 0 Å². The monoisotopic (exact) mass is 497 g/mol. The molecule has 1 atom stereocenters. The summed E-state index contributed by atoms with van der Waals surface area (Å²) in [7, 11) is -4.00. The summed E-state index contributed by atoms with van der Waals surface area (Å²) in [4.78, 5) is 16.5. The summed E-state index contributed by atoms with van der Waals surface area (Å²) >= 11 is 5.90. The predicted octanol–water partition coefficient (Wildman–Crippen LogP) is 4.08. The molecule has 1 aliphatic heterocycles. The van der Waals surface area contributed by atoms with E-state index in [9.17, 15) is 13.2 Å². The van der Waals surface area contributed by atoms with Gasteiger partial charge in [-0.3, -0.25) is 4.79 Å². The van der Waals surface area contributed by atoms with E-state index in [1.807, 2.05) is 24.3 Å². The van der Waals surface area contributed by atoms with Gasteiger partial charge >= 0.3 is 0 Å². The Morgan fingerprint density at radius 1 is 1.03 bits per heavy atom. The molecule has 0 saturated heterocycles. The van der Waals surface area contributed by atoms with E-state index in [-0.39, 0.29) is 18.1 Å². The van der Waals surface area contributed by atoms with E-state index in [1.54, 1.807) is 24.4 Å². The summed E-state index contributed by atoms with van der Waals surface area (Å²) in [6.07, 6.45) is 1.91. The summed E-state index contributed by atoms with van der Waals surface area (Å²) in [6.45, 7) is 0.108. The topological polar surface area (TPSA) is 110 Å². The van der Waals surface area contributed by atoms with Crippen LogP contribution in [0.5, 0.6) is 11.5 Å². The maximum Gasteiger partial charge on any atom is 0.242 e. The zero-order valence-corrected chi connectivity index (χ0v) is 19.3. The third-order valence-electron chi connectivity index (χ3n) is 5.48. The van der Waals surface area contributed by atoms with E-state index in [1.165, 1.54) is 24.3 Å². The van der Waals surface area contributed by atoms with Gasteiger partial charge in [-0.1, -0.05) is 29.8 Å². The fourth-order valence-electron chi connectivity index (χ4n) is 3.78. The van der Waals surface area contributed by atoms with Gasteiger partial charge in [-0.25, -0.2) is 8.42 Å². The molecular formula is C24H20ClN3O5S. The Morgan fingerprint density at radius 2 is 1.79 bits per heavy atom. The number of para-hydroxylation sites is 1. The van der Waals surface area contributed by atoms with Crippen molar-refractivity contribution in [1.29, 1.82) is 0 Å². The maximum atomic E-state index is 13.3. The molecule has 8 nitrogen and oxygen atoms in total. The number of hydrogen-bond donors (Lipinski definition) is 3. The molecule has 3 aromatic carbocycles. The first kappa shape index (κ1) is 22.3. The molecule has 1 aliphatic rings. The zero-order chi connectivity index (χ0) is 23.7. The number of carbonyl (C=O) groups is 1. The molecule has 0 spiro atoms. The van der Waals surface area contributed by atoms with Crippen molar-refractivity contribution in [2.75, 3.05) is 12.1 Å². The maximum absolute atomic E-state index is 13.3. The van der Waals surface area contributed by atoms with Crippen molar-refractivity contribution in [3.63, 3.8) is 0 Å². The number of benzene rings is 3. The van der Waals surface area contributed by atoms with E-state index in [4.69, 9.17) is 21.1 Å². The summed E-state index contributed by atoms with van der Waals surface area (Å²) in [6, 6.07) is 17.3. The summed E-state index contributed by atoms with van der Waals surface area (Å²) in [5.74, 6) is 0.575. The molecule has 10 heteroatoms. The number of hydrogen-bond acceptors (Lipinski definition) is 5. The second-order valence-corrected chi connectivity index (χ2v) is 9.90. The van der Waals surface area contributed by atoms with Crippen LogP contribution in [-0.4, -0.2) is 32.1 Å². The van der Waals surface area contributed by atoms with Crippen LogP contribution in [0.2, 0.25) is 5.02 Å². The Labute approximate surface area is 200 Å². The first-order valence-corrected chi connectivity index (χ1v) is 12.3. The Hall–Kier alpha value is -3.53. The van der Waals surface area contributed by atoms with Crippen molar-refractivity contribution in [2.24, 2.45) is 0 Å². The number of anilines is 1. The number of sulfonamides is 1.